The van der Waals surface area contributed by atoms with E-state index in [0.29, 0.717) is 0 Å². The summed E-state index contributed by atoms with van der Waals surface area (Å²) in [4.78, 5) is 2.59. The van der Waals surface area contributed by atoms with E-state index < -0.39 is 0 Å². The van der Waals surface area contributed by atoms with Crippen molar-refractivity contribution in [2.75, 3.05) is 31.1 Å². The zero-order valence-corrected chi connectivity index (χ0v) is 12.3. The van der Waals surface area contributed by atoms with Gasteiger partial charge in [0.05, 0.1) is 0 Å². The van der Waals surface area contributed by atoms with Crippen molar-refractivity contribution in [3.63, 3.8) is 0 Å². The largest absolute Gasteiger partial charge is 0.371 e. The second kappa shape index (κ2) is 8.21. The summed E-state index contributed by atoms with van der Waals surface area (Å²) in [6.45, 7) is 6.90. The number of nitrogens with zero attached hydrogens (tertiary/aromatic N) is 1. The van der Waals surface area contributed by atoms with E-state index in [0.717, 1.165) is 13.1 Å². The Morgan fingerprint density at radius 3 is 2.63 bits per heavy atom. The lowest BCUT2D eigenvalue weighted by Crippen LogP contribution is -2.30. The van der Waals surface area contributed by atoms with E-state index in [1.165, 1.54) is 57.3 Å². The van der Waals surface area contributed by atoms with Gasteiger partial charge in [0, 0.05) is 18.8 Å². The van der Waals surface area contributed by atoms with Gasteiger partial charge in [-0.1, -0.05) is 25.1 Å². The first-order chi connectivity index (χ1) is 9.42. The quantitative estimate of drug-likeness (QED) is 0.753. The number of benzene rings is 1. The molecule has 19 heavy (non-hydrogen) atoms. The van der Waals surface area contributed by atoms with Crippen molar-refractivity contribution in [2.24, 2.45) is 0 Å². The van der Waals surface area contributed by atoms with Crippen LogP contribution >= 0.6 is 0 Å². The Kier molecular flexibility index (Phi) is 6.22. The Morgan fingerprint density at radius 1 is 1.05 bits per heavy atom. The van der Waals surface area contributed by atoms with Crippen LogP contribution in [0.4, 0.5) is 5.69 Å². The predicted molar refractivity (Wildman–Crippen MR) is 84.0 cm³/mol. The summed E-state index contributed by atoms with van der Waals surface area (Å²) in [6, 6.07) is 9.00. The number of hydrogen-bond acceptors (Lipinski definition) is 2. The Labute approximate surface area is 118 Å². The minimum Gasteiger partial charge on any atom is -0.371 e. The van der Waals surface area contributed by atoms with Crippen LogP contribution in [0.1, 0.15) is 44.6 Å². The molecule has 0 aromatic heterocycles. The third-order valence-corrected chi connectivity index (χ3v) is 3.99. The summed E-state index contributed by atoms with van der Waals surface area (Å²) in [5.41, 5.74) is 3.03. The van der Waals surface area contributed by atoms with Gasteiger partial charge in [-0.3, -0.25) is 0 Å². The zero-order valence-electron chi connectivity index (χ0n) is 12.3. The maximum atomic E-state index is 3.40. The third-order valence-electron chi connectivity index (χ3n) is 3.99. The number of piperidine rings is 1. The summed E-state index contributed by atoms with van der Waals surface area (Å²) >= 11 is 0. The number of anilines is 1. The van der Waals surface area contributed by atoms with Crippen molar-refractivity contribution in [1.82, 2.24) is 5.32 Å². The van der Waals surface area contributed by atoms with Crippen LogP contribution in [0.25, 0.3) is 0 Å². The van der Waals surface area contributed by atoms with Crippen molar-refractivity contribution < 1.29 is 0 Å². The molecule has 2 nitrogen and oxygen atoms in total. The lowest BCUT2D eigenvalue weighted by Gasteiger charge is -2.30. The van der Waals surface area contributed by atoms with Crippen LogP contribution in [-0.4, -0.2) is 26.2 Å². The standard InChI is InChI=1S/C17H28N2/c1-2-18-13-7-6-11-16-10-4-5-12-17(16)19-14-8-3-9-15-19/h4-5,10,12,18H,2-3,6-9,11,13-15H2,1H3. The highest BCUT2D eigenvalue weighted by molar-refractivity contribution is 5.53. The normalized spacial score (nSPS) is 15.7. The fourth-order valence-electron chi connectivity index (χ4n) is 2.91. The average Bonchev–Trinajstić information content (AvgIpc) is 2.48. The molecule has 0 aliphatic carbocycles. The van der Waals surface area contributed by atoms with Gasteiger partial charge in [0.1, 0.15) is 0 Å². The van der Waals surface area contributed by atoms with E-state index in [1.54, 1.807) is 5.56 Å². The van der Waals surface area contributed by atoms with Gasteiger partial charge in [0.15, 0.2) is 0 Å². The second-order valence-corrected chi connectivity index (χ2v) is 5.49. The lowest BCUT2D eigenvalue weighted by molar-refractivity contribution is 0.575. The Bertz CT molecular complexity index is 356. The van der Waals surface area contributed by atoms with Gasteiger partial charge in [-0.05, 0) is 63.2 Å². The fourth-order valence-corrected chi connectivity index (χ4v) is 2.91. The van der Waals surface area contributed by atoms with Gasteiger partial charge in [0.2, 0.25) is 0 Å². The van der Waals surface area contributed by atoms with Crippen LogP contribution in [-0.2, 0) is 6.42 Å². The van der Waals surface area contributed by atoms with Crippen molar-refractivity contribution >= 4 is 5.69 Å². The van der Waals surface area contributed by atoms with Gasteiger partial charge in [0.25, 0.3) is 0 Å². The van der Waals surface area contributed by atoms with Crippen LogP contribution < -0.4 is 10.2 Å². The van der Waals surface area contributed by atoms with Crippen LogP contribution in [0.5, 0.6) is 0 Å². The molecule has 2 heteroatoms. The second-order valence-electron chi connectivity index (χ2n) is 5.49. The smallest absolute Gasteiger partial charge is 0.0398 e. The molecule has 0 radical (unpaired) electrons. The molecule has 106 valence electrons. The van der Waals surface area contributed by atoms with Crippen LogP contribution in [0, 0.1) is 0 Å². The number of aryl methyl sites for hydroxylation is 1. The molecule has 1 heterocycles. The SMILES string of the molecule is CCNCCCCc1ccccc1N1CCCCC1. The van der Waals surface area contributed by atoms with E-state index >= 15 is 0 Å². The predicted octanol–water partition coefficient (Wildman–Crippen LogP) is 3.61. The molecule has 1 fully saturated rings. The number of hydrogen-bond donors (Lipinski definition) is 1. The molecule has 1 aliphatic heterocycles. The summed E-state index contributed by atoms with van der Waals surface area (Å²) in [5, 5.41) is 3.40. The van der Waals surface area contributed by atoms with Crippen molar-refractivity contribution in [1.29, 1.82) is 0 Å². The molecule has 0 bridgehead atoms. The van der Waals surface area contributed by atoms with E-state index in [2.05, 4.69) is 41.4 Å². The minimum absolute atomic E-state index is 1.09. The lowest BCUT2D eigenvalue weighted by atomic mass is 10.0. The molecule has 0 unspecified atom stereocenters. The number of unbranched alkanes of at least 4 members (excludes halogenated alkanes) is 1. The molecule has 0 amide bonds. The van der Waals surface area contributed by atoms with Crippen LogP contribution in [0.2, 0.25) is 0 Å². The van der Waals surface area contributed by atoms with Crippen LogP contribution in [0.15, 0.2) is 24.3 Å². The zero-order chi connectivity index (χ0) is 13.3. The Balaban J connectivity index is 1.88. The number of nitrogens with one attached hydrogen (secondary N) is 1. The van der Waals surface area contributed by atoms with Crippen molar-refractivity contribution in [3.8, 4) is 0 Å². The van der Waals surface area contributed by atoms with E-state index in [4.69, 9.17) is 0 Å². The minimum atomic E-state index is 1.09. The highest BCUT2D eigenvalue weighted by Gasteiger charge is 2.13. The van der Waals surface area contributed by atoms with E-state index in [1.807, 2.05) is 0 Å². The summed E-state index contributed by atoms with van der Waals surface area (Å²) < 4.78 is 0. The van der Waals surface area contributed by atoms with Gasteiger partial charge in [-0.15, -0.1) is 0 Å². The van der Waals surface area contributed by atoms with Gasteiger partial charge in [-0.2, -0.15) is 0 Å². The molecule has 1 saturated heterocycles. The highest BCUT2D eigenvalue weighted by atomic mass is 15.1. The first-order valence-electron chi connectivity index (χ1n) is 7.95. The fraction of sp³-hybridized carbons (Fsp3) is 0.647. The molecule has 1 aromatic rings. The van der Waals surface area contributed by atoms with Crippen molar-refractivity contribution in [2.45, 2.75) is 45.4 Å². The molecular formula is C17H28N2. The van der Waals surface area contributed by atoms with Gasteiger partial charge in [-0.25, -0.2) is 0 Å². The van der Waals surface area contributed by atoms with E-state index in [-0.39, 0.29) is 0 Å². The molecule has 0 saturated carbocycles. The summed E-state index contributed by atoms with van der Waals surface area (Å²) in [5.74, 6) is 0. The highest BCUT2D eigenvalue weighted by Crippen LogP contribution is 2.25. The van der Waals surface area contributed by atoms with Gasteiger partial charge < -0.3 is 10.2 Å². The van der Waals surface area contributed by atoms with E-state index in [9.17, 15) is 0 Å². The molecule has 1 aromatic carbocycles. The first-order valence-corrected chi connectivity index (χ1v) is 7.95. The molecule has 0 atom stereocenters. The molecule has 2 rings (SSSR count). The van der Waals surface area contributed by atoms with Crippen molar-refractivity contribution in [3.05, 3.63) is 29.8 Å². The Morgan fingerprint density at radius 2 is 1.84 bits per heavy atom. The molecule has 0 spiro atoms. The summed E-state index contributed by atoms with van der Waals surface area (Å²) in [7, 11) is 0. The third kappa shape index (κ3) is 4.54. The summed E-state index contributed by atoms with van der Waals surface area (Å²) in [6.07, 6.45) is 7.91. The molecule has 1 aliphatic rings. The Hall–Kier alpha value is -1.02. The average molecular weight is 260 g/mol. The maximum Gasteiger partial charge on any atom is 0.0398 e. The monoisotopic (exact) mass is 260 g/mol. The van der Waals surface area contributed by atoms with Crippen LogP contribution in [0.3, 0.4) is 0 Å². The van der Waals surface area contributed by atoms with Gasteiger partial charge >= 0.3 is 0 Å². The first kappa shape index (κ1) is 14.4. The molecule has 1 N–H and O–H groups in total. The number of para-hydroxylation sites is 1. The topological polar surface area (TPSA) is 15.3 Å². The molecular weight excluding hydrogens is 232 g/mol. The maximum absolute atomic E-state index is 3.40. The number of rotatable bonds is 7.